The van der Waals surface area contributed by atoms with Gasteiger partial charge < -0.3 is 0 Å². The van der Waals surface area contributed by atoms with Crippen LogP contribution in [0, 0.1) is 215 Å². The van der Waals surface area contributed by atoms with E-state index in [9.17, 15) is 0 Å². The van der Waals surface area contributed by atoms with Crippen molar-refractivity contribution >= 4 is 410 Å². The van der Waals surface area contributed by atoms with Crippen LogP contribution in [0.2, 0.25) is 0 Å². The second-order valence-electron chi connectivity index (χ2n) is 39.1. The summed E-state index contributed by atoms with van der Waals surface area (Å²) in [4.78, 5) is 0. The summed E-state index contributed by atoms with van der Waals surface area (Å²) >= 11 is 0. The average Bonchev–Trinajstić information content (AvgIpc) is 0.684. The van der Waals surface area contributed by atoms with Crippen LogP contribution in [-0.4, -0.2) is 297 Å². The molecule has 0 saturated carbocycles. The van der Waals surface area contributed by atoms with Crippen molar-refractivity contribution in [2.24, 2.45) is 0 Å². The van der Waals surface area contributed by atoms with Gasteiger partial charge in [-0.3, -0.25) is 0 Å². The van der Waals surface area contributed by atoms with Crippen molar-refractivity contribution in [3.8, 4) is 44.5 Å². The Balaban J connectivity index is 0.000000255. The van der Waals surface area contributed by atoms with E-state index in [4.69, 9.17) is 178 Å². The molecule has 132 heavy (non-hydrogen) atoms. The van der Waals surface area contributed by atoms with Gasteiger partial charge in [0, 0.05) is 236 Å². The summed E-state index contributed by atoms with van der Waals surface area (Å²) in [6.45, 7) is 62.5. The molecule has 0 fully saturated rings. The number of benzene rings is 12. The molecule has 0 amide bonds. The largest absolute Gasteiger partial charge is 0.113 e. The minimum atomic E-state index is -1.08. The predicted molar refractivity (Wildman–Crippen MR) is 639 cm³/mol. The average molecular weight is 1630 g/mol. The summed E-state index contributed by atoms with van der Waals surface area (Å²) in [5, 5.41) is 12.0. The van der Waals surface area contributed by atoms with Crippen molar-refractivity contribution in [2.45, 2.75) is 215 Å². The Morgan fingerprint density at radius 1 is 0.182 bits per heavy atom. The standard InChI is InChI=1S/C46H48B22.C45H45B19/c1-17-18(2)23(7)33(24(8)19(17)3)36-27(11)22(6)28(12)38-39(36)31(15)34-25(9)20(4)21(5)26(10)37(34)41(38)40-30(14)29(13)35-32(16)43(64(67(55)56)68(57)58)46(63(60-48)66(53)54)45(62(50)65(51)52)42(35)44(40)61(49)59-47;1-16-17(2)22(7)31(23(8)18(16)3)33-26(11)21(6)27(12)35-36(33)30(15)32-24(9)19(4)20(5)25(10)34(32)37(35)38-39-40(41(46)42(57-47)45(38)59(49)50)44(61(63(54)55)64(56)58-48)29(14)28(13)43(39)60(51)62(52)53/h1-16H3;1-15H3. The van der Waals surface area contributed by atoms with Gasteiger partial charge in [0.15, 0.2) is 0 Å². The second-order valence-corrected chi connectivity index (χ2v) is 39.1. The summed E-state index contributed by atoms with van der Waals surface area (Å²) < 4.78 is 0. The smallest absolute Gasteiger partial charge is 0.112 e. The Hall–Kier alpha value is -5.14. The summed E-state index contributed by atoms with van der Waals surface area (Å²) in [6, 6.07) is 0. The Bertz CT molecular complexity index is 6760. The maximum Gasteiger partial charge on any atom is 0.113 e. The molecule has 12 rings (SSSR count). The lowest BCUT2D eigenvalue weighted by molar-refractivity contribution is 1.17. The Kier molecular flexibility index (Phi) is 32.7. The molecule has 0 aliphatic carbocycles. The molecule has 0 unspecified atom stereocenters. The van der Waals surface area contributed by atoms with Crippen LogP contribution in [0.4, 0.5) is 0 Å². The maximum absolute atomic E-state index is 7.52. The Labute approximate surface area is 835 Å². The summed E-state index contributed by atoms with van der Waals surface area (Å²) in [6.07, 6.45) is -6.78. The number of aryl methyl sites for hydroxylation is 10. The minimum absolute atomic E-state index is 0.325. The number of fused-ring (bicyclic) bond motifs is 6. The lowest BCUT2D eigenvalue weighted by Crippen LogP contribution is -2.74. The monoisotopic (exact) mass is 1640 g/mol. The topological polar surface area (TPSA) is 0 Å². The van der Waals surface area contributed by atoms with Crippen molar-refractivity contribution in [3.63, 3.8) is 0 Å². The van der Waals surface area contributed by atoms with Gasteiger partial charge >= 0.3 is 0 Å². The van der Waals surface area contributed by atoms with Crippen molar-refractivity contribution in [3.05, 3.63) is 172 Å². The highest BCUT2D eigenvalue weighted by Gasteiger charge is 2.42. The summed E-state index contributed by atoms with van der Waals surface area (Å²) in [7, 11) is 163. The van der Waals surface area contributed by atoms with Crippen LogP contribution < -0.4 is 49.2 Å². The van der Waals surface area contributed by atoms with E-state index in [0.29, 0.717) is 49.0 Å². The number of hydrogen-bond donors (Lipinski definition) is 0. The maximum atomic E-state index is 7.52. The van der Waals surface area contributed by atoms with E-state index in [2.05, 4.69) is 194 Å². The summed E-state index contributed by atoms with van der Waals surface area (Å²) in [5.41, 5.74) is 50.3. The van der Waals surface area contributed by atoms with E-state index in [-0.39, 0.29) is 0 Å². The van der Waals surface area contributed by atoms with Gasteiger partial charge in [-0.2, -0.15) is 0 Å². The van der Waals surface area contributed by atoms with Gasteiger partial charge in [-0.15, -0.1) is 16.4 Å². The van der Waals surface area contributed by atoms with Gasteiger partial charge in [-0.1, -0.05) is 49.5 Å². The molecule has 0 heterocycles. The fourth-order valence-corrected chi connectivity index (χ4v) is 23.5. The first-order valence-electron chi connectivity index (χ1n) is 46.3. The van der Waals surface area contributed by atoms with Gasteiger partial charge in [-0.05, 0) is 480 Å². The molecule has 0 saturated heterocycles. The third kappa shape index (κ3) is 16.7. The fraction of sp³-hybridized carbons (Fsp3) is 0.341. The van der Waals surface area contributed by atoms with E-state index in [1.807, 2.05) is 20.8 Å². The van der Waals surface area contributed by atoms with E-state index in [0.717, 1.165) is 115 Å². The molecule has 0 N–H and O–H groups in total. The lowest BCUT2D eigenvalue weighted by atomic mass is 8.68. The third-order valence-corrected chi connectivity index (χ3v) is 32.9. The first kappa shape index (κ1) is 107. The van der Waals surface area contributed by atoms with Crippen molar-refractivity contribution in [1.82, 2.24) is 0 Å². The molecule has 12 aromatic carbocycles. The first-order valence-corrected chi connectivity index (χ1v) is 46.3. The van der Waals surface area contributed by atoms with Crippen molar-refractivity contribution in [2.75, 3.05) is 0 Å². The highest BCUT2D eigenvalue weighted by atomic mass is 14.4. The van der Waals surface area contributed by atoms with Crippen LogP contribution in [0.3, 0.4) is 0 Å². The van der Waals surface area contributed by atoms with Crippen LogP contribution in [0.25, 0.3) is 109 Å². The molecular formula is C91H93B41. The zero-order valence-electron chi connectivity index (χ0n) is 84.7. The van der Waals surface area contributed by atoms with Crippen molar-refractivity contribution in [1.29, 1.82) is 0 Å². The molecule has 0 aliphatic rings. The SMILES string of the molecule is [B][B]B(B([B])[B])c1c(B(B([B])[B])B([B])[B])c(C)c2c(C)c(C)c(-c3c4c(C)c(C)c(C)c(C)c4c(C)c4c(-c5c(C)c(C)c(C)c(C)c5C)c(C)c(C)c(C)c34)c(B([B])[B][B])c2c1B([B])B([B])[B].[B][B]B([B])B(B([B])[B])c1c(C)c(C)c(B([B])B([B])[B])c2c(-c3c4c(C)c(C)c(C)c(C)c4c(C)c4c(-c5c(C)c(C)c(C)c(C)c5C)c(C)c(C)c(C)c34)c(B([B])[B])c([B][B])c([B])c12. The van der Waals surface area contributed by atoms with Gasteiger partial charge in [0.2, 0.25) is 0 Å². The molecule has 12 aromatic rings. The molecule has 0 aromatic heterocycles. The second kappa shape index (κ2) is 40.2. The van der Waals surface area contributed by atoms with Crippen LogP contribution >= 0.6 is 0 Å². The molecule has 0 nitrogen and oxygen atoms in total. The highest BCUT2D eigenvalue weighted by molar-refractivity contribution is 7.88. The predicted octanol–water partition coefficient (Wildman–Crippen LogP) is 3.48. The normalized spacial score (nSPS) is 11.4. The summed E-state index contributed by atoms with van der Waals surface area (Å²) in [5.74, 6) is 0. The van der Waals surface area contributed by atoms with Gasteiger partial charge in [0.1, 0.15) is 7.85 Å². The molecule has 0 aliphatic heterocycles. The van der Waals surface area contributed by atoms with E-state index in [1.165, 1.54) is 195 Å². The lowest BCUT2D eigenvalue weighted by Gasteiger charge is -2.39. The van der Waals surface area contributed by atoms with Crippen LogP contribution in [0.1, 0.15) is 172 Å². The van der Waals surface area contributed by atoms with Crippen LogP contribution in [0.5, 0.6) is 0 Å². The van der Waals surface area contributed by atoms with Gasteiger partial charge in [0.05, 0.1) is 52.6 Å². The van der Waals surface area contributed by atoms with Crippen molar-refractivity contribution < 1.29 is 0 Å². The molecule has 580 valence electrons. The van der Waals surface area contributed by atoms with Gasteiger partial charge in [0.25, 0.3) is 0 Å². The molecule has 0 atom stereocenters. The Morgan fingerprint density at radius 3 is 0.811 bits per heavy atom. The minimum Gasteiger partial charge on any atom is -0.112 e. The molecule has 41 heteroatoms. The zero-order valence-corrected chi connectivity index (χ0v) is 84.7. The quantitative estimate of drug-likeness (QED) is 0.0722. The van der Waals surface area contributed by atoms with E-state index >= 15 is 0 Å². The highest BCUT2D eigenvalue weighted by Crippen LogP contribution is 2.55. The Morgan fingerprint density at radius 2 is 0.477 bits per heavy atom. The zero-order chi connectivity index (χ0) is 99.6. The van der Waals surface area contributed by atoms with E-state index < -0.39 is 90.2 Å². The molecule has 50 radical (unpaired) electrons. The van der Waals surface area contributed by atoms with Crippen LogP contribution in [-0.2, 0) is 0 Å². The molecule has 0 spiro atoms. The van der Waals surface area contributed by atoms with Gasteiger partial charge in [-0.25, -0.2) is 0 Å². The first-order chi connectivity index (χ1) is 61.3. The third-order valence-electron chi connectivity index (χ3n) is 32.9. The fourth-order valence-electron chi connectivity index (χ4n) is 23.5. The van der Waals surface area contributed by atoms with Crippen LogP contribution in [0.15, 0.2) is 0 Å². The number of hydrogen-bond acceptors (Lipinski definition) is 0. The molecular weight excluding hydrogens is 1540 g/mol. The molecule has 0 bridgehead atoms. The van der Waals surface area contributed by atoms with E-state index in [1.54, 1.807) is 0 Å². The number of rotatable bonds is 22.